The van der Waals surface area contributed by atoms with Gasteiger partial charge in [-0.25, -0.2) is 15.0 Å². The molecule has 0 unspecified atom stereocenters. The molecule has 0 bridgehead atoms. The summed E-state index contributed by atoms with van der Waals surface area (Å²) in [7, 11) is 2.14. The molecule has 0 saturated carbocycles. The average Bonchev–Trinajstić information content (AvgIpc) is 3.14. The third-order valence-electron chi connectivity index (χ3n) is 4.72. The maximum absolute atomic E-state index is 9.56. The van der Waals surface area contributed by atoms with Crippen LogP contribution >= 0.6 is 11.3 Å². The van der Waals surface area contributed by atoms with E-state index in [0.717, 1.165) is 59.2 Å². The number of anilines is 3. The number of nitrogens with zero attached hydrogens (tertiary/aromatic N) is 5. The molecule has 0 atom stereocenters. The fraction of sp³-hybridized carbons (Fsp3) is 0.286. The molecule has 1 aliphatic heterocycles. The fourth-order valence-corrected chi connectivity index (χ4v) is 3.88. The maximum Gasteiger partial charge on any atom is 0.188 e. The lowest BCUT2D eigenvalue weighted by atomic mass is 10.2. The highest BCUT2D eigenvalue weighted by atomic mass is 32.1. The third kappa shape index (κ3) is 5.10. The van der Waals surface area contributed by atoms with Crippen LogP contribution in [0.2, 0.25) is 0 Å². The molecule has 7 nitrogen and oxygen atoms in total. The third-order valence-corrected chi connectivity index (χ3v) is 5.60. The van der Waals surface area contributed by atoms with Crippen molar-refractivity contribution in [1.29, 1.82) is 0 Å². The minimum atomic E-state index is 0.258. The van der Waals surface area contributed by atoms with Gasteiger partial charge < -0.3 is 20.2 Å². The van der Waals surface area contributed by atoms with Gasteiger partial charge in [0.25, 0.3) is 0 Å². The first-order chi connectivity index (χ1) is 14.0. The molecular formula is C21H24N6OS. The molecule has 150 valence electrons. The Balaban J connectivity index is 1.46. The molecule has 4 rings (SSSR count). The molecule has 29 heavy (non-hydrogen) atoms. The van der Waals surface area contributed by atoms with Crippen LogP contribution < -0.4 is 10.2 Å². The summed E-state index contributed by atoms with van der Waals surface area (Å²) >= 11 is 1.55. The molecule has 1 aromatic carbocycles. The van der Waals surface area contributed by atoms with Crippen LogP contribution in [0.1, 0.15) is 16.3 Å². The largest absolute Gasteiger partial charge is 0.508 e. The summed E-state index contributed by atoms with van der Waals surface area (Å²) in [6, 6.07) is 9.14. The summed E-state index contributed by atoms with van der Waals surface area (Å²) in [5, 5.41) is 13.6. The summed E-state index contributed by atoms with van der Waals surface area (Å²) in [4.78, 5) is 19.2. The second-order valence-corrected chi connectivity index (χ2v) is 8.13. The number of likely N-dealkylation sites (N-methyl/N-ethyl adjacent to an activating group) is 1. The summed E-state index contributed by atoms with van der Waals surface area (Å²) in [5.74, 6) is 2.71. The van der Waals surface area contributed by atoms with Gasteiger partial charge in [-0.1, -0.05) is 29.5 Å². The van der Waals surface area contributed by atoms with E-state index in [1.165, 1.54) is 0 Å². The van der Waals surface area contributed by atoms with Gasteiger partial charge in [0.15, 0.2) is 5.13 Å². The van der Waals surface area contributed by atoms with Crippen molar-refractivity contribution < 1.29 is 5.11 Å². The predicted molar refractivity (Wildman–Crippen MR) is 119 cm³/mol. The van der Waals surface area contributed by atoms with E-state index in [9.17, 15) is 5.11 Å². The minimum absolute atomic E-state index is 0.258. The zero-order valence-corrected chi connectivity index (χ0v) is 17.4. The van der Waals surface area contributed by atoms with Gasteiger partial charge in [0, 0.05) is 43.3 Å². The van der Waals surface area contributed by atoms with Crippen molar-refractivity contribution in [2.75, 3.05) is 43.4 Å². The molecule has 1 fully saturated rings. The monoisotopic (exact) mass is 408 g/mol. The quantitative estimate of drug-likeness (QED) is 0.668. The van der Waals surface area contributed by atoms with Crippen LogP contribution in [0.5, 0.6) is 5.75 Å². The summed E-state index contributed by atoms with van der Waals surface area (Å²) in [5.41, 5.74) is 0.941. The molecule has 0 radical (unpaired) electrons. The molecule has 2 N–H and O–H groups in total. The van der Waals surface area contributed by atoms with Crippen molar-refractivity contribution in [2.45, 2.75) is 6.92 Å². The molecular weight excluding hydrogens is 384 g/mol. The van der Waals surface area contributed by atoms with Gasteiger partial charge in [0.2, 0.25) is 0 Å². The van der Waals surface area contributed by atoms with E-state index in [2.05, 4.69) is 37.1 Å². The van der Waals surface area contributed by atoms with Gasteiger partial charge in [0.1, 0.15) is 23.2 Å². The van der Waals surface area contributed by atoms with Gasteiger partial charge >= 0.3 is 0 Å². The van der Waals surface area contributed by atoms with E-state index < -0.39 is 0 Å². The number of benzene rings is 1. The fourth-order valence-electron chi connectivity index (χ4n) is 3.15. The highest BCUT2D eigenvalue weighted by Crippen LogP contribution is 2.25. The van der Waals surface area contributed by atoms with Crippen LogP contribution in [-0.2, 0) is 0 Å². The van der Waals surface area contributed by atoms with Crippen molar-refractivity contribution in [2.24, 2.45) is 0 Å². The lowest BCUT2D eigenvalue weighted by molar-refractivity contribution is 0.312. The van der Waals surface area contributed by atoms with E-state index in [0.29, 0.717) is 0 Å². The molecule has 0 amide bonds. The molecule has 0 spiro atoms. The van der Waals surface area contributed by atoms with Crippen LogP contribution in [-0.4, -0.2) is 58.2 Å². The number of phenolic OH excluding ortho intramolecular Hbond substituents is 1. The normalized spacial score (nSPS) is 15.2. The number of aromatic nitrogens is 3. The Labute approximate surface area is 174 Å². The first-order valence-corrected chi connectivity index (χ1v) is 10.4. The Morgan fingerprint density at radius 2 is 1.93 bits per heavy atom. The Hall–Kier alpha value is -2.97. The number of aryl methyl sites for hydroxylation is 1. The van der Waals surface area contributed by atoms with Crippen molar-refractivity contribution in [3.05, 3.63) is 52.8 Å². The van der Waals surface area contributed by atoms with E-state index in [-0.39, 0.29) is 5.75 Å². The Morgan fingerprint density at radius 1 is 1.10 bits per heavy atom. The lowest BCUT2D eigenvalue weighted by Gasteiger charge is -2.33. The van der Waals surface area contributed by atoms with E-state index in [1.807, 2.05) is 43.5 Å². The number of piperazine rings is 1. The number of nitrogens with one attached hydrogen (secondary N) is 1. The summed E-state index contributed by atoms with van der Waals surface area (Å²) < 4.78 is 0. The SMILES string of the molecule is Cc1nc(Nc2ncc(/C=C/c3cccc(O)c3)s2)cc(N2CCN(C)CC2)n1. The Kier molecular flexibility index (Phi) is 5.73. The van der Waals surface area contributed by atoms with Crippen molar-refractivity contribution in [3.8, 4) is 5.75 Å². The maximum atomic E-state index is 9.56. The molecule has 1 saturated heterocycles. The summed E-state index contributed by atoms with van der Waals surface area (Å²) in [6.07, 6.45) is 5.76. The van der Waals surface area contributed by atoms with Crippen LogP contribution in [0.3, 0.4) is 0 Å². The second-order valence-electron chi connectivity index (χ2n) is 7.07. The smallest absolute Gasteiger partial charge is 0.188 e. The number of aromatic hydroxyl groups is 1. The van der Waals surface area contributed by atoms with Gasteiger partial charge in [-0.15, -0.1) is 0 Å². The number of phenols is 1. The first-order valence-electron chi connectivity index (χ1n) is 9.54. The zero-order chi connectivity index (χ0) is 20.2. The van der Waals surface area contributed by atoms with Gasteiger partial charge in [-0.2, -0.15) is 0 Å². The number of rotatable bonds is 5. The van der Waals surface area contributed by atoms with E-state index >= 15 is 0 Å². The average molecular weight is 409 g/mol. The first kappa shape index (κ1) is 19.4. The van der Waals surface area contributed by atoms with Gasteiger partial charge in [0.05, 0.1) is 0 Å². The second kappa shape index (κ2) is 8.59. The molecule has 0 aliphatic carbocycles. The Morgan fingerprint density at radius 3 is 2.72 bits per heavy atom. The minimum Gasteiger partial charge on any atom is -0.508 e. The van der Waals surface area contributed by atoms with E-state index in [4.69, 9.17) is 0 Å². The number of hydrogen-bond acceptors (Lipinski definition) is 8. The predicted octanol–water partition coefficient (Wildman–Crippen LogP) is 3.61. The molecule has 3 heterocycles. The van der Waals surface area contributed by atoms with E-state index in [1.54, 1.807) is 23.5 Å². The molecule has 3 aromatic rings. The van der Waals surface area contributed by atoms with Crippen LogP contribution in [0, 0.1) is 6.92 Å². The molecule has 8 heteroatoms. The standard InChI is InChI=1S/C21H24N6OS/c1-15-23-19(13-20(24-15)27-10-8-26(2)9-11-27)25-21-22-14-18(29-21)7-6-16-4-3-5-17(28)12-16/h3-7,12-14,28H,8-11H2,1-2H3,(H,22,23,24,25)/b7-6+. The zero-order valence-electron chi connectivity index (χ0n) is 16.5. The van der Waals surface area contributed by atoms with Gasteiger partial charge in [-0.3, -0.25) is 0 Å². The van der Waals surface area contributed by atoms with Crippen molar-refractivity contribution in [1.82, 2.24) is 19.9 Å². The van der Waals surface area contributed by atoms with Crippen molar-refractivity contribution >= 4 is 40.3 Å². The topological polar surface area (TPSA) is 77.4 Å². The van der Waals surface area contributed by atoms with Crippen LogP contribution in [0.15, 0.2) is 36.5 Å². The Bertz CT molecular complexity index is 1010. The highest BCUT2D eigenvalue weighted by molar-refractivity contribution is 7.16. The molecule has 2 aromatic heterocycles. The van der Waals surface area contributed by atoms with Crippen LogP contribution in [0.25, 0.3) is 12.2 Å². The lowest BCUT2D eigenvalue weighted by Crippen LogP contribution is -2.44. The van der Waals surface area contributed by atoms with Gasteiger partial charge in [-0.05, 0) is 37.7 Å². The van der Waals surface area contributed by atoms with Crippen LogP contribution in [0.4, 0.5) is 16.8 Å². The van der Waals surface area contributed by atoms with Crippen molar-refractivity contribution in [3.63, 3.8) is 0 Å². The highest BCUT2D eigenvalue weighted by Gasteiger charge is 2.16. The number of hydrogen-bond donors (Lipinski definition) is 2. The summed E-state index contributed by atoms with van der Waals surface area (Å²) in [6.45, 7) is 5.91. The number of thiazole rings is 1. The molecule has 1 aliphatic rings.